The smallest absolute Gasteiger partial charge is 0.223 e. The molecular weight excluding hydrogens is 362 g/mol. The van der Waals surface area contributed by atoms with Crippen molar-refractivity contribution in [1.29, 1.82) is 0 Å². The minimum atomic E-state index is -0.284. The van der Waals surface area contributed by atoms with Crippen LogP contribution in [0.15, 0.2) is 67.0 Å². The molecule has 3 aromatic rings. The van der Waals surface area contributed by atoms with Crippen LogP contribution in [0.5, 0.6) is 0 Å². The van der Waals surface area contributed by atoms with E-state index in [1.807, 2.05) is 60.7 Å². The van der Waals surface area contributed by atoms with Gasteiger partial charge in [0, 0.05) is 31.3 Å². The Morgan fingerprint density at radius 2 is 1.90 bits per heavy atom. The first-order chi connectivity index (χ1) is 14.1. The standard InChI is InChI=1S/C24H23N3O2/c1-17(28)27-15-12-18-6-2-3-10-21(18)22(27)16-23(29)25-14-11-20-8-4-7-19-9-5-13-26-24(19)20/h2-10,12-13,15,22H,11,14,16H2,1H3,(H,25,29). The third-order valence-electron chi connectivity index (χ3n) is 5.28. The minimum Gasteiger partial charge on any atom is -0.356 e. The van der Waals surface area contributed by atoms with Crippen LogP contribution in [0.3, 0.4) is 0 Å². The zero-order valence-corrected chi connectivity index (χ0v) is 16.3. The second-order valence-corrected chi connectivity index (χ2v) is 7.18. The number of carbonyl (C=O) groups excluding carboxylic acids is 2. The molecule has 2 aromatic carbocycles. The van der Waals surface area contributed by atoms with Crippen molar-refractivity contribution in [2.75, 3.05) is 6.54 Å². The Kier molecular flexibility index (Phi) is 5.38. The van der Waals surface area contributed by atoms with E-state index in [9.17, 15) is 9.59 Å². The Morgan fingerprint density at radius 3 is 2.76 bits per heavy atom. The number of hydrogen-bond acceptors (Lipinski definition) is 3. The van der Waals surface area contributed by atoms with Gasteiger partial charge in [-0.2, -0.15) is 0 Å². The van der Waals surface area contributed by atoms with Gasteiger partial charge in [-0.1, -0.05) is 48.5 Å². The minimum absolute atomic E-state index is 0.0699. The van der Waals surface area contributed by atoms with Gasteiger partial charge in [0.05, 0.1) is 18.0 Å². The van der Waals surface area contributed by atoms with E-state index < -0.39 is 0 Å². The van der Waals surface area contributed by atoms with Gasteiger partial charge in [-0.15, -0.1) is 0 Å². The van der Waals surface area contributed by atoms with Crippen molar-refractivity contribution >= 4 is 28.8 Å². The summed E-state index contributed by atoms with van der Waals surface area (Å²) in [5, 5.41) is 4.10. The van der Waals surface area contributed by atoms with Crippen LogP contribution in [-0.2, 0) is 16.0 Å². The summed E-state index contributed by atoms with van der Waals surface area (Å²) < 4.78 is 0. The number of hydrogen-bond donors (Lipinski definition) is 1. The van der Waals surface area contributed by atoms with Crippen LogP contribution in [0.2, 0.25) is 0 Å². The Balaban J connectivity index is 1.42. The van der Waals surface area contributed by atoms with Gasteiger partial charge < -0.3 is 10.2 Å². The molecule has 0 saturated carbocycles. The van der Waals surface area contributed by atoms with E-state index >= 15 is 0 Å². The number of rotatable bonds is 5. The van der Waals surface area contributed by atoms with Crippen molar-refractivity contribution in [1.82, 2.24) is 15.2 Å². The molecule has 0 aliphatic carbocycles. The zero-order chi connectivity index (χ0) is 20.2. The third-order valence-corrected chi connectivity index (χ3v) is 5.28. The van der Waals surface area contributed by atoms with Crippen LogP contribution >= 0.6 is 0 Å². The maximum absolute atomic E-state index is 12.7. The number of carbonyl (C=O) groups is 2. The first-order valence-electron chi connectivity index (χ1n) is 9.79. The monoisotopic (exact) mass is 385 g/mol. The predicted molar refractivity (Wildman–Crippen MR) is 114 cm³/mol. The molecule has 1 aliphatic rings. The topological polar surface area (TPSA) is 62.3 Å². The quantitative estimate of drug-likeness (QED) is 0.725. The molecular formula is C24H23N3O2. The Hall–Kier alpha value is -3.47. The van der Waals surface area contributed by atoms with Crippen LogP contribution in [0.4, 0.5) is 0 Å². The van der Waals surface area contributed by atoms with E-state index in [-0.39, 0.29) is 24.3 Å². The van der Waals surface area contributed by atoms with Crippen molar-refractivity contribution in [3.63, 3.8) is 0 Å². The summed E-state index contributed by atoms with van der Waals surface area (Å²) in [5.41, 5.74) is 4.13. The summed E-state index contributed by atoms with van der Waals surface area (Å²) in [6, 6.07) is 17.6. The largest absolute Gasteiger partial charge is 0.356 e. The highest BCUT2D eigenvalue weighted by Gasteiger charge is 2.27. The molecule has 1 N–H and O–H groups in total. The van der Waals surface area contributed by atoms with Crippen molar-refractivity contribution in [3.8, 4) is 0 Å². The number of benzene rings is 2. The maximum Gasteiger partial charge on any atom is 0.223 e. The average molecular weight is 385 g/mol. The fourth-order valence-electron chi connectivity index (χ4n) is 3.87. The molecule has 5 nitrogen and oxygen atoms in total. The molecule has 2 amide bonds. The first kappa shape index (κ1) is 18.9. The van der Waals surface area contributed by atoms with Crippen molar-refractivity contribution in [2.45, 2.75) is 25.8 Å². The summed E-state index contributed by atoms with van der Waals surface area (Å²) in [6.45, 7) is 2.05. The van der Waals surface area contributed by atoms with Crippen LogP contribution in [0.1, 0.15) is 36.1 Å². The summed E-state index contributed by atoms with van der Waals surface area (Å²) >= 11 is 0. The Morgan fingerprint density at radius 1 is 1.07 bits per heavy atom. The molecule has 4 rings (SSSR count). The Labute approximate surface area is 170 Å². The molecule has 0 radical (unpaired) electrons. The molecule has 0 bridgehead atoms. The van der Waals surface area contributed by atoms with Crippen molar-refractivity contribution in [2.24, 2.45) is 0 Å². The molecule has 1 unspecified atom stereocenters. The number of aromatic nitrogens is 1. The zero-order valence-electron chi connectivity index (χ0n) is 16.3. The van der Waals surface area contributed by atoms with E-state index in [0.717, 1.165) is 27.6 Å². The molecule has 5 heteroatoms. The number of nitrogens with one attached hydrogen (secondary N) is 1. The lowest BCUT2D eigenvalue weighted by atomic mass is 9.93. The van der Waals surface area contributed by atoms with Gasteiger partial charge in [0.2, 0.25) is 11.8 Å². The normalized spacial score (nSPS) is 15.2. The fourth-order valence-corrected chi connectivity index (χ4v) is 3.87. The summed E-state index contributed by atoms with van der Waals surface area (Å²) in [7, 11) is 0. The van der Waals surface area contributed by atoms with Crippen LogP contribution < -0.4 is 5.32 Å². The van der Waals surface area contributed by atoms with Gasteiger partial charge in [-0.05, 0) is 35.3 Å². The van der Waals surface area contributed by atoms with Gasteiger partial charge in [-0.3, -0.25) is 14.6 Å². The van der Waals surface area contributed by atoms with Crippen LogP contribution in [-0.4, -0.2) is 28.2 Å². The maximum atomic E-state index is 12.7. The third kappa shape index (κ3) is 4.04. The molecule has 29 heavy (non-hydrogen) atoms. The molecule has 0 fully saturated rings. The fraction of sp³-hybridized carbons (Fsp3) is 0.208. The highest BCUT2D eigenvalue weighted by Crippen LogP contribution is 2.32. The first-order valence-corrected chi connectivity index (χ1v) is 9.79. The van der Waals surface area contributed by atoms with E-state index in [2.05, 4.69) is 10.3 Å². The summed E-state index contributed by atoms with van der Waals surface area (Å²) in [4.78, 5) is 30.8. The SMILES string of the molecule is CC(=O)N1C=Cc2ccccc2C1CC(=O)NCCc1cccc2cccnc12. The van der Waals surface area contributed by atoms with E-state index in [1.165, 1.54) is 6.92 Å². The van der Waals surface area contributed by atoms with Gasteiger partial charge in [0.1, 0.15) is 0 Å². The Bertz CT molecular complexity index is 1080. The van der Waals surface area contributed by atoms with Crippen molar-refractivity contribution in [3.05, 3.63) is 83.7 Å². The lowest BCUT2D eigenvalue weighted by Gasteiger charge is -2.32. The highest BCUT2D eigenvalue weighted by molar-refractivity contribution is 5.83. The molecule has 146 valence electrons. The lowest BCUT2D eigenvalue weighted by molar-refractivity contribution is -0.129. The van der Waals surface area contributed by atoms with Gasteiger partial charge >= 0.3 is 0 Å². The van der Waals surface area contributed by atoms with E-state index in [4.69, 9.17) is 0 Å². The van der Waals surface area contributed by atoms with Crippen LogP contribution in [0, 0.1) is 0 Å². The van der Waals surface area contributed by atoms with Crippen molar-refractivity contribution < 1.29 is 9.59 Å². The number of nitrogens with zero attached hydrogens (tertiary/aromatic N) is 2. The second kappa shape index (κ2) is 8.27. The molecule has 2 heterocycles. The predicted octanol–water partition coefficient (Wildman–Crippen LogP) is 3.86. The molecule has 1 aliphatic heterocycles. The molecule has 0 spiro atoms. The summed E-state index contributed by atoms with van der Waals surface area (Å²) in [6.07, 6.45) is 6.41. The van der Waals surface area contributed by atoms with Gasteiger partial charge in [0.15, 0.2) is 0 Å². The number of fused-ring (bicyclic) bond motifs is 2. The van der Waals surface area contributed by atoms with E-state index in [1.54, 1.807) is 17.3 Å². The number of pyridine rings is 1. The van der Waals surface area contributed by atoms with Gasteiger partial charge in [0.25, 0.3) is 0 Å². The molecule has 0 saturated heterocycles. The lowest BCUT2D eigenvalue weighted by Crippen LogP contribution is -2.35. The highest BCUT2D eigenvalue weighted by atomic mass is 16.2. The average Bonchev–Trinajstić information content (AvgIpc) is 2.74. The second-order valence-electron chi connectivity index (χ2n) is 7.18. The van der Waals surface area contributed by atoms with E-state index in [0.29, 0.717) is 13.0 Å². The molecule has 1 atom stereocenters. The number of para-hydroxylation sites is 1. The van der Waals surface area contributed by atoms with Gasteiger partial charge in [-0.25, -0.2) is 0 Å². The van der Waals surface area contributed by atoms with Crippen LogP contribution in [0.25, 0.3) is 17.0 Å². The summed E-state index contributed by atoms with van der Waals surface area (Å²) in [5.74, 6) is -0.144. The molecule has 1 aromatic heterocycles. The number of amides is 2.